The summed E-state index contributed by atoms with van der Waals surface area (Å²) in [5.74, 6) is 1.12. The van der Waals surface area contributed by atoms with Crippen molar-refractivity contribution in [1.82, 2.24) is 29.3 Å². The van der Waals surface area contributed by atoms with Crippen LogP contribution in [0.25, 0.3) is 16.9 Å². The number of rotatable bonds is 8. The van der Waals surface area contributed by atoms with E-state index in [2.05, 4.69) is 21.4 Å². The van der Waals surface area contributed by atoms with Crippen LogP contribution in [0.2, 0.25) is 0 Å². The van der Waals surface area contributed by atoms with Crippen LogP contribution < -0.4 is 21.5 Å². The highest BCUT2D eigenvalue weighted by molar-refractivity contribution is 5.97. The van der Waals surface area contributed by atoms with Crippen LogP contribution in [-0.2, 0) is 9.53 Å². The van der Waals surface area contributed by atoms with Gasteiger partial charge in [0.25, 0.3) is 5.91 Å². The summed E-state index contributed by atoms with van der Waals surface area (Å²) in [7, 11) is 0. The average Bonchev–Trinajstić information content (AvgIpc) is 3.31. The fourth-order valence-corrected chi connectivity index (χ4v) is 5.83. The molecule has 2 fully saturated rings. The van der Waals surface area contributed by atoms with E-state index in [0.717, 1.165) is 0 Å². The van der Waals surface area contributed by atoms with E-state index in [-0.39, 0.29) is 41.6 Å². The van der Waals surface area contributed by atoms with E-state index in [1.165, 1.54) is 10.9 Å². The fourth-order valence-electron chi connectivity index (χ4n) is 5.83. The third kappa shape index (κ3) is 5.79. The van der Waals surface area contributed by atoms with Gasteiger partial charge in [-0.3, -0.25) is 13.9 Å². The summed E-state index contributed by atoms with van der Waals surface area (Å²) < 4.78 is 14.2. The molecular formula is C32H34N8O4. The second-order valence-electron chi connectivity index (χ2n) is 11.6. The normalized spacial score (nSPS) is 17.7. The Morgan fingerprint density at radius 2 is 1.86 bits per heavy atom. The fraction of sp³-hybridized carbons (Fsp3) is 0.344. The lowest BCUT2D eigenvalue weighted by Gasteiger charge is -2.35. The largest absolute Gasteiger partial charge is 0.457 e. The molecule has 2 aromatic heterocycles. The van der Waals surface area contributed by atoms with Crippen LogP contribution in [0.1, 0.15) is 32.7 Å². The summed E-state index contributed by atoms with van der Waals surface area (Å²) >= 11 is 0. The highest BCUT2D eigenvalue weighted by Gasteiger charge is 2.32. The topological polar surface area (TPSA) is 153 Å². The number of amides is 1. The Bertz CT molecular complexity index is 1800. The molecule has 2 aliphatic heterocycles. The quantitative estimate of drug-likeness (QED) is 0.231. The van der Waals surface area contributed by atoms with Crippen molar-refractivity contribution in [3.63, 3.8) is 0 Å². The molecule has 4 aromatic rings. The number of carbonyl (C=O) groups is 1. The van der Waals surface area contributed by atoms with Gasteiger partial charge in [-0.15, -0.1) is 0 Å². The third-order valence-electron chi connectivity index (χ3n) is 7.87. The molecular weight excluding hydrogens is 560 g/mol. The SMILES string of the molecule is CC(C)(/C=C(/C#N)C(=O)N1CCC[C@H](n2c(=O)n(-c3ccc(Oc4ccccc4)cc3)c3c(N)ncnc32)C1)NC1COC1. The van der Waals surface area contributed by atoms with Crippen molar-refractivity contribution >= 4 is 22.9 Å². The second kappa shape index (κ2) is 11.9. The maximum absolute atomic E-state index is 14.1. The molecule has 0 spiro atoms. The lowest BCUT2D eigenvalue weighted by Crippen LogP contribution is -2.54. The van der Waals surface area contributed by atoms with Gasteiger partial charge in [0.05, 0.1) is 31.0 Å². The number of anilines is 1. The van der Waals surface area contributed by atoms with Gasteiger partial charge in [0.2, 0.25) is 0 Å². The van der Waals surface area contributed by atoms with Gasteiger partial charge in [-0.1, -0.05) is 18.2 Å². The summed E-state index contributed by atoms with van der Waals surface area (Å²) in [6.07, 6.45) is 4.31. The first kappa shape index (κ1) is 29.1. The van der Waals surface area contributed by atoms with Gasteiger partial charge in [0.1, 0.15) is 35.0 Å². The Balaban J connectivity index is 1.29. The molecule has 1 atom stereocenters. The van der Waals surface area contributed by atoms with Gasteiger partial charge >= 0.3 is 5.69 Å². The Morgan fingerprint density at radius 3 is 2.55 bits per heavy atom. The zero-order valence-electron chi connectivity index (χ0n) is 24.6. The lowest BCUT2D eigenvalue weighted by molar-refractivity contribution is -0.128. The number of hydrogen-bond acceptors (Lipinski definition) is 9. The van der Waals surface area contributed by atoms with Crippen molar-refractivity contribution in [1.29, 1.82) is 5.26 Å². The van der Waals surface area contributed by atoms with E-state index in [1.807, 2.05) is 44.2 Å². The molecule has 44 heavy (non-hydrogen) atoms. The summed E-state index contributed by atoms with van der Waals surface area (Å²) in [6.45, 7) is 5.77. The van der Waals surface area contributed by atoms with Crippen LogP contribution in [0, 0.1) is 11.3 Å². The Labute approximate surface area is 254 Å². The smallest absolute Gasteiger partial charge is 0.335 e. The maximum atomic E-state index is 14.1. The number of fused-ring (bicyclic) bond motifs is 1. The number of carbonyl (C=O) groups excluding carboxylic acids is 1. The number of nitrogens with zero attached hydrogens (tertiary/aromatic N) is 6. The molecule has 226 valence electrons. The van der Waals surface area contributed by atoms with Crippen molar-refractivity contribution in [2.45, 2.75) is 44.3 Å². The van der Waals surface area contributed by atoms with Crippen LogP contribution in [0.5, 0.6) is 11.5 Å². The number of para-hydroxylation sites is 1. The van der Waals surface area contributed by atoms with E-state index < -0.39 is 5.54 Å². The van der Waals surface area contributed by atoms with Crippen LogP contribution in [0.15, 0.2) is 77.4 Å². The van der Waals surface area contributed by atoms with Gasteiger partial charge in [-0.2, -0.15) is 5.26 Å². The number of benzene rings is 2. The Hall–Kier alpha value is -4.99. The maximum Gasteiger partial charge on any atom is 0.335 e. The standard InChI is InChI=1S/C32H34N8O4/c1-32(2,37-22-18-43-19-22)15-21(16-33)30(41)38-14-6-7-24(17-38)40-29-27(28(34)35-20-36-29)39(31(40)42)23-10-12-26(13-11-23)44-25-8-4-3-5-9-25/h3-5,8-13,15,20,22,24,37H,6-7,14,17-19H2,1-2H3,(H2,34,35,36)/b21-15-/t24-/m0/s1. The molecule has 4 heterocycles. The van der Waals surface area contributed by atoms with Crippen molar-refractivity contribution in [2.75, 3.05) is 32.0 Å². The molecule has 0 unspecified atom stereocenters. The van der Waals surface area contributed by atoms with Crippen molar-refractivity contribution in [2.24, 2.45) is 0 Å². The minimum atomic E-state index is -0.579. The number of likely N-dealkylation sites (tertiary alicyclic amines) is 1. The molecule has 0 bridgehead atoms. The van der Waals surface area contributed by atoms with Gasteiger partial charge in [0.15, 0.2) is 11.5 Å². The van der Waals surface area contributed by atoms with E-state index in [4.69, 9.17) is 15.2 Å². The first-order valence-corrected chi connectivity index (χ1v) is 14.6. The Morgan fingerprint density at radius 1 is 1.14 bits per heavy atom. The molecule has 1 amide bonds. The minimum absolute atomic E-state index is 0.0579. The average molecular weight is 595 g/mol. The number of nitrogens with two attached hydrogens (primary N) is 1. The van der Waals surface area contributed by atoms with Crippen LogP contribution >= 0.6 is 0 Å². The molecule has 2 aromatic carbocycles. The summed E-state index contributed by atoms with van der Waals surface area (Å²) in [6, 6.07) is 18.4. The zero-order valence-corrected chi connectivity index (χ0v) is 24.6. The summed E-state index contributed by atoms with van der Waals surface area (Å²) in [5.41, 5.74) is 6.80. The first-order valence-electron chi connectivity index (χ1n) is 14.6. The van der Waals surface area contributed by atoms with E-state index >= 15 is 0 Å². The number of nitrogens with one attached hydrogen (secondary N) is 1. The number of ether oxygens (including phenoxy) is 2. The van der Waals surface area contributed by atoms with Gasteiger partial charge in [-0.05, 0) is 69.2 Å². The van der Waals surface area contributed by atoms with E-state index in [1.54, 1.807) is 39.8 Å². The van der Waals surface area contributed by atoms with E-state index in [9.17, 15) is 14.9 Å². The van der Waals surface area contributed by atoms with Crippen LogP contribution in [-0.4, -0.2) is 67.8 Å². The Kier molecular flexibility index (Phi) is 7.90. The first-order chi connectivity index (χ1) is 21.2. The van der Waals surface area contributed by atoms with Gasteiger partial charge in [-0.25, -0.2) is 14.8 Å². The highest BCUT2D eigenvalue weighted by atomic mass is 16.5. The van der Waals surface area contributed by atoms with Crippen molar-refractivity contribution in [3.05, 3.63) is 83.1 Å². The lowest BCUT2D eigenvalue weighted by atomic mass is 9.98. The van der Waals surface area contributed by atoms with Crippen molar-refractivity contribution < 1.29 is 14.3 Å². The molecule has 2 aliphatic rings. The number of aromatic nitrogens is 4. The molecule has 0 aliphatic carbocycles. The van der Waals surface area contributed by atoms with Gasteiger partial charge < -0.3 is 25.4 Å². The van der Waals surface area contributed by atoms with Gasteiger partial charge in [0, 0.05) is 18.6 Å². The number of nitrogen functional groups attached to an aromatic ring is 1. The number of piperidine rings is 1. The third-order valence-corrected chi connectivity index (χ3v) is 7.87. The number of hydrogen-bond donors (Lipinski definition) is 2. The minimum Gasteiger partial charge on any atom is -0.457 e. The summed E-state index contributed by atoms with van der Waals surface area (Å²) in [5, 5.41) is 13.3. The summed E-state index contributed by atoms with van der Waals surface area (Å²) in [4.78, 5) is 37.9. The molecule has 0 radical (unpaired) electrons. The predicted octanol–water partition coefficient (Wildman–Crippen LogP) is 3.34. The van der Waals surface area contributed by atoms with Crippen LogP contribution in [0.3, 0.4) is 0 Å². The second-order valence-corrected chi connectivity index (χ2v) is 11.6. The van der Waals surface area contributed by atoms with Crippen LogP contribution in [0.4, 0.5) is 5.82 Å². The molecule has 2 saturated heterocycles. The molecule has 12 nitrogen and oxygen atoms in total. The molecule has 6 rings (SSSR count). The monoisotopic (exact) mass is 594 g/mol. The van der Waals surface area contributed by atoms with Crippen molar-refractivity contribution in [3.8, 4) is 23.3 Å². The molecule has 12 heteroatoms. The molecule has 0 saturated carbocycles. The number of imidazole rings is 1. The van der Waals surface area contributed by atoms with E-state index in [0.29, 0.717) is 61.0 Å². The zero-order chi connectivity index (χ0) is 30.8. The predicted molar refractivity (Wildman–Crippen MR) is 164 cm³/mol. The number of nitriles is 1. The molecule has 3 N–H and O–H groups in total. The highest BCUT2D eigenvalue weighted by Crippen LogP contribution is 2.29.